The molecular weight excluding hydrogens is 251 g/mol. The van der Waals surface area contributed by atoms with E-state index in [0.717, 1.165) is 10.3 Å². The maximum atomic E-state index is 11.0. The Bertz CT molecular complexity index is 476. The predicted molar refractivity (Wildman–Crippen MR) is 71.7 cm³/mol. The van der Waals surface area contributed by atoms with Crippen molar-refractivity contribution < 1.29 is 19.2 Å². The van der Waals surface area contributed by atoms with Gasteiger partial charge in [0.2, 0.25) is 0 Å². The molecule has 2 heterocycles. The molecule has 1 N–H and O–H groups in total. The Morgan fingerprint density at radius 2 is 1.78 bits per heavy atom. The third kappa shape index (κ3) is 2.09. The standard InChI is InChI=1S/C12H17BO4S/c1-7-8(6-9(18-7)10(14)15)13-16-11(2,3)12(4,5)17-13/h6H,1-5H3,(H,14,15). The molecule has 98 valence electrons. The molecule has 1 aliphatic rings. The molecule has 0 bridgehead atoms. The van der Waals surface area contributed by atoms with Gasteiger partial charge in [0, 0.05) is 4.88 Å². The molecule has 0 radical (unpaired) electrons. The highest BCUT2D eigenvalue weighted by Gasteiger charge is 2.52. The van der Waals surface area contributed by atoms with Crippen LogP contribution >= 0.6 is 11.3 Å². The number of aryl methyl sites for hydroxylation is 1. The first kappa shape index (κ1) is 13.6. The molecule has 6 heteroatoms. The molecule has 0 amide bonds. The van der Waals surface area contributed by atoms with Crippen molar-refractivity contribution >= 4 is 29.9 Å². The van der Waals surface area contributed by atoms with Crippen LogP contribution in [-0.2, 0) is 9.31 Å². The zero-order valence-electron chi connectivity index (χ0n) is 11.2. The van der Waals surface area contributed by atoms with Gasteiger partial charge < -0.3 is 14.4 Å². The fourth-order valence-corrected chi connectivity index (χ4v) is 2.68. The number of carboxylic acid groups (broad SMARTS) is 1. The summed E-state index contributed by atoms with van der Waals surface area (Å²) < 4.78 is 11.8. The maximum Gasteiger partial charge on any atom is 0.495 e. The van der Waals surface area contributed by atoms with Gasteiger partial charge in [-0.05, 0) is 46.1 Å². The van der Waals surface area contributed by atoms with E-state index in [0.29, 0.717) is 4.88 Å². The van der Waals surface area contributed by atoms with Crippen molar-refractivity contribution in [2.24, 2.45) is 0 Å². The van der Waals surface area contributed by atoms with E-state index in [4.69, 9.17) is 14.4 Å². The Hall–Kier alpha value is -0.845. The number of hydrogen-bond donors (Lipinski definition) is 1. The summed E-state index contributed by atoms with van der Waals surface area (Å²) in [7, 11) is -0.487. The first-order valence-electron chi connectivity index (χ1n) is 5.83. The number of hydrogen-bond acceptors (Lipinski definition) is 4. The first-order valence-corrected chi connectivity index (χ1v) is 6.65. The first-order chi connectivity index (χ1) is 8.14. The lowest BCUT2D eigenvalue weighted by molar-refractivity contribution is 0.00578. The second kappa shape index (κ2) is 4.08. The normalized spacial score (nSPS) is 21.3. The van der Waals surface area contributed by atoms with Gasteiger partial charge in [-0.15, -0.1) is 11.3 Å². The van der Waals surface area contributed by atoms with Crippen molar-refractivity contribution in [2.75, 3.05) is 0 Å². The fraction of sp³-hybridized carbons (Fsp3) is 0.583. The molecule has 0 aliphatic carbocycles. The van der Waals surface area contributed by atoms with Crippen LogP contribution in [0.5, 0.6) is 0 Å². The quantitative estimate of drug-likeness (QED) is 0.834. The highest BCUT2D eigenvalue weighted by Crippen LogP contribution is 2.37. The second-order valence-corrected chi connectivity index (χ2v) is 6.77. The van der Waals surface area contributed by atoms with Crippen molar-refractivity contribution in [2.45, 2.75) is 45.8 Å². The zero-order valence-corrected chi connectivity index (χ0v) is 12.1. The van der Waals surface area contributed by atoms with Crippen molar-refractivity contribution in [3.8, 4) is 0 Å². The summed E-state index contributed by atoms with van der Waals surface area (Å²) in [6.45, 7) is 9.80. The molecular formula is C12H17BO4S. The summed E-state index contributed by atoms with van der Waals surface area (Å²) in [6.07, 6.45) is 0. The van der Waals surface area contributed by atoms with Crippen LogP contribution < -0.4 is 5.46 Å². The third-order valence-corrected chi connectivity index (χ3v) is 4.73. The van der Waals surface area contributed by atoms with Crippen LogP contribution in [0.3, 0.4) is 0 Å². The van der Waals surface area contributed by atoms with Gasteiger partial charge in [-0.3, -0.25) is 0 Å². The monoisotopic (exact) mass is 268 g/mol. The Labute approximate surface area is 111 Å². The van der Waals surface area contributed by atoms with Gasteiger partial charge in [0.25, 0.3) is 0 Å². The van der Waals surface area contributed by atoms with E-state index in [1.54, 1.807) is 6.07 Å². The molecule has 2 rings (SSSR count). The molecule has 1 fully saturated rings. The van der Waals surface area contributed by atoms with Crippen molar-refractivity contribution in [3.05, 3.63) is 15.8 Å². The summed E-state index contributed by atoms with van der Waals surface area (Å²) in [5, 5.41) is 9.00. The molecule has 0 atom stereocenters. The van der Waals surface area contributed by atoms with Gasteiger partial charge in [-0.1, -0.05) is 0 Å². The number of carboxylic acids is 1. The smallest absolute Gasteiger partial charge is 0.477 e. The van der Waals surface area contributed by atoms with Crippen LogP contribution in [0.4, 0.5) is 0 Å². The average Bonchev–Trinajstić information content (AvgIpc) is 2.66. The Kier molecular flexibility index (Phi) is 3.08. The number of rotatable bonds is 2. The molecule has 1 aromatic rings. The summed E-state index contributed by atoms with van der Waals surface area (Å²) in [5.41, 5.74) is 0.00116. The van der Waals surface area contributed by atoms with Gasteiger partial charge >= 0.3 is 13.1 Å². The van der Waals surface area contributed by atoms with Crippen LogP contribution in [0.25, 0.3) is 0 Å². The Balaban J connectivity index is 2.32. The summed E-state index contributed by atoms with van der Waals surface area (Å²) >= 11 is 1.25. The topological polar surface area (TPSA) is 55.8 Å². The highest BCUT2D eigenvalue weighted by molar-refractivity contribution is 7.15. The maximum absolute atomic E-state index is 11.0. The van der Waals surface area contributed by atoms with Gasteiger partial charge in [0.1, 0.15) is 4.88 Å². The second-order valence-electron chi connectivity index (χ2n) is 5.52. The van der Waals surface area contributed by atoms with Crippen LogP contribution in [0.1, 0.15) is 42.2 Å². The van der Waals surface area contributed by atoms with E-state index >= 15 is 0 Å². The largest absolute Gasteiger partial charge is 0.495 e. The molecule has 4 nitrogen and oxygen atoms in total. The van der Waals surface area contributed by atoms with Gasteiger partial charge in [0.15, 0.2) is 0 Å². The van der Waals surface area contributed by atoms with Crippen LogP contribution in [0.15, 0.2) is 6.07 Å². The van der Waals surface area contributed by atoms with Crippen molar-refractivity contribution in [1.29, 1.82) is 0 Å². The fourth-order valence-electron chi connectivity index (χ4n) is 1.81. The van der Waals surface area contributed by atoms with Crippen LogP contribution in [0, 0.1) is 6.92 Å². The van der Waals surface area contributed by atoms with Gasteiger partial charge in [0.05, 0.1) is 11.2 Å². The minimum Gasteiger partial charge on any atom is -0.477 e. The molecule has 0 spiro atoms. The minimum absolute atomic E-state index is 0.317. The molecule has 1 aliphatic heterocycles. The van der Waals surface area contributed by atoms with E-state index in [-0.39, 0.29) is 0 Å². The Morgan fingerprint density at radius 3 is 2.17 bits per heavy atom. The van der Waals surface area contributed by atoms with Crippen LogP contribution in [0.2, 0.25) is 0 Å². The van der Waals surface area contributed by atoms with E-state index in [2.05, 4.69) is 0 Å². The van der Waals surface area contributed by atoms with Gasteiger partial charge in [-0.2, -0.15) is 0 Å². The number of thiophene rings is 1. The van der Waals surface area contributed by atoms with E-state index < -0.39 is 24.3 Å². The number of aromatic carboxylic acids is 1. The average molecular weight is 268 g/mol. The molecule has 0 unspecified atom stereocenters. The number of carbonyl (C=O) groups is 1. The van der Waals surface area contributed by atoms with Crippen molar-refractivity contribution in [1.82, 2.24) is 0 Å². The predicted octanol–water partition coefficient (Wildman–Crippen LogP) is 2.05. The minimum atomic E-state index is -0.911. The molecule has 18 heavy (non-hydrogen) atoms. The lowest BCUT2D eigenvalue weighted by Gasteiger charge is -2.32. The molecule has 1 aromatic heterocycles. The van der Waals surface area contributed by atoms with Crippen LogP contribution in [-0.4, -0.2) is 29.4 Å². The third-order valence-electron chi connectivity index (χ3n) is 3.67. The van der Waals surface area contributed by atoms with E-state index in [1.165, 1.54) is 11.3 Å². The molecule has 1 saturated heterocycles. The van der Waals surface area contributed by atoms with Crippen molar-refractivity contribution in [3.63, 3.8) is 0 Å². The lowest BCUT2D eigenvalue weighted by Crippen LogP contribution is -2.41. The van der Waals surface area contributed by atoms with E-state index in [1.807, 2.05) is 34.6 Å². The zero-order chi connectivity index (χ0) is 13.7. The van der Waals surface area contributed by atoms with E-state index in [9.17, 15) is 4.79 Å². The molecule has 0 aromatic carbocycles. The summed E-state index contributed by atoms with van der Waals surface area (Å²) in [6, 6.07) is 1.64. The summed E-state index contributed by atoms with van der Waals surface area (Å²) in [4.78, 5) is 12.2. The van der Waals surface area contributed by atoms with Gasteiger partial charge in [-0.25, -0.2) is 4.79 Å². The highest BCUT2D eigenvalue weighted by atomic mass is 32.1. The SMILES string of the molecule is Cc1sc(C(=O)O)cc1B1OC(C)(C)C(C)(C)O1. The molecule has 0 saturated carbocycles. The Morgan fingerprint density at radius 1 is 1.28 bits per heavy atom. The summed E-state index contributed by atoms with van der Waals surface area (Å²) in [5.74, 6) is -0.911. The lowest BCUT2D eigenvalue weighted by atomic mass is 9.79.